The van der Waals surface area contributed by atoms with Gasteiger partial charge in [0.2, 0.25) is 5.82 Å². The van der Waals surface area contributed by atoms with Gasteiger partial charge in [-0.2, -0.15) is 0 Å². The van der Waals surface area contributed by atoms with Crippen molar-refractivity contribution < 1.29 is 4.92 Å². The molecule has 104 valence electrons. The Morgan fingerprint density at radius 1 is 1.47 bits per heavy atom. The maximum Gasteiger partial charge on any atom is 0.311 e. The van der Waals surface area contributed by atoms with E-state index in [-0.39, 0.29) is 11.5 Å². The van der Waals surface area contributed by atoms with Gasteiger partial charge in [0, 0.05) is 19.2 Å². The number of anilines is 2. The van der Waals surface area contributed by atoms with Crippen molar-refractivity contribution in [2.24, 2.45) is 5.41 Å². The average Bonchev–Trinajstić information content (AvgIpc) is 2.83. The van der Waals surface area contributed by atoms with Crippen LogP contribution in [0.2, 0.25) is 0 Å². The van der Waals surface area contributed by atoms with E-state index in [1.807, 2.05) is 0 Å². The molecule has 0 spiro atoms. The zero-order chi connectivity index (χ0) is 14.0. The van der Waals surface area contributed by atoms with Crippen molar-refractivity contribution in [1.82, 2.24) is 4.98 Å². The molecule has 1 saturated heterocycles. The Hall–Kier alpha value is -1.85. The quantitative estimate of drug-likeness (QED) is 0.667. The molecule has 0 aliphatic carbocycles. The number of nitrogens with two attached hydrogens (primary N) is 1. The summed E-state index contributed by atoms with van der Waals surface area (Å²) >= 11 is 0. The minimum Gasteiger partial charge on any atom is -0.378 e. The van der Waals surface area contributed by atoms with Crippen LogP contribution in [-0.4, -0.2) is 23.0 Å². The van der Waals surface area contributed by atoms with E-state index < -0.39 is 4.92 Å². The van der Waals surface area contributed by atoms with Crippen molar-refractivity contribution in [3.05, 3.63) is 22.2 Å². The van der Waals surface area contributed by atoms with E-state index in [4.69, 9.17) is 5.73 Å². The van der Waals surface area contributed by atoms with Crippen LogP contribution in [0.3, 0.4) is 0 Å². The number of pyridine rings is 1. The number of nitrogen functional groups attached to an aromatic ring is 1. The van der Waals surface area contributed by atoms with Crippen LogP contribution in [0.15, 0.2) is 12.1 Å². The van der Waals surface area contributed by atoms with Crippen molar-refractivity contribution in [3.63, 3.8) is 0 Å². The summed E-state index contributed by atoms with van der Waals surface area (Å²) in [5, 5.41) is 10.7. The van der Waals surface area contributed by atoms with Crippen LogP contribution in [0.5, 0.6) is 0 Å². The molecule has 2 N–H and O–H groups in total. The summed E-state index contributed by atoms with van der Waals surface area (Å²) in [4.78, 5) is 16.6. The molecule has 1 aliphatic rings. The summed E-state index contributed by atoms with van der Waals surface area (Å²) in [6.45, 7) is 6.31. The van der Waals surface area contributed by atoms with Crippen molar-refractivity contribution in [2.75, 3.05) is 23.7 Å². The Morgan fingerprint density at radius 2 is 2.16 bits per heavy atom. The van der Waals surface area contributed by atoms with Crippen LogP contribution in [0, 0.1) is 15.5 Å². The molecule has 0 saturated carbocycles. The molecule has 1 aromatic rings. The average molecular weight is 264 g/mol. The number of aromatic nitrogens is 1. The molecule has 19 heavy (non-hydrogen) atoms. The Kier molecular flexibility index (Phi) is 3.59. The molecule has 0 bridgehead atoms. The number of nitrogens with zero attached hydrogens (tertiary/aromatic N) is 3. The van der Waals surface area contributed by atoms with Crippen LogP contribution in [0.4, 0.5) is 17.3 Å². The first-order valence-corrected chi connectivity index (χ1v) is 6.67. The molecule has 6 nitrogen and oxygen atoms in total. The monoisotopic (exact) mass is 264 g/mol. The summed E-state index contributed by atoms with van der Waals surface area (Å²) < 4.78 is 0. The van der Waals surface area contributed by atoms with Crippen molar-refractivity contribution in [1.29, 1.82) is 0 Å². The van der Waals surface area contributed by atoms with E-state index in [0.717, 1.165) is 38.2 Å². The molecule has 0 amide bonds. The van der Waals surface area contributed by atoms with Crippen molar-refractivity contribution in [2.45, 2.75) is 33.1 Å². The fourth-order valence-corrected chi connectivity index (χ4v) is 2.75. The summed E-state index contributed by atoms with van der Waals surface area (Å²) in [5.74, 6) is 0.736. The van der Waals surface area contributed by atoms with E-state index in [2.05, 4.69) is 23.7 Å². The molecule has 2 heterocycles. The maximum atomic E-state index is 10.7. The van der Waals surface area contributed by atoms with Crippen LogP contribution >= 0.6 is 0 Å². The lowest BCUT2D eigenvalue weighted by atomic mass is 9.82. The molecule has 1 fully saturated rings. The second-order valence-corrected chi connectivity index (χ2v) is 5.21. The predicted octanol–water partition coefficient (Wildman–Crippen LogP) is 2.59. The first-order valence-electron chi connectivity index (χ1n) is 6.67. The van der Waals surface area contributed by atoms with Gasteiger partial charge < -0.3 is 10.6 Å². The molecular weight excluding hydrogens is 244 g/mol. The van der Waals surface area contributed by atoms with Gasteiger partial charge in [-0.05, 0) is 30.7 Å². The number of rotatable bonds is 4. The topological polar surface area (TPSA) is 85.3 Å². The molecule has 0 atom stereocenters. The third-order valence-corrected chi connectivity index (χ3v) is 4.35. The fraction of sp³-hybridized carbons (Fsp3) is 0.615. The van der Waals surface area contributed by atoms with E-state index in [1.54, 1.807) is 6.07 Å². The van der Waals surface area contributed by atoms with Gasteiger partial charge in [-0.15, -0.1) is 0 Å². The molecule has 1 aromatic heterocycles. The van der Waals surface area contributed by atoms with Crippen LogP contribution < -0.4 is 10.6 Å². The lowest BCUT2D eigenvalue weighted by Crippen LogP contribution is -2.26. The van der Waals surface area contributed by atoms with E-state index in [9.17, 15) is 10.1 Å². The van der Waals surface area contributed by atoms with Crippen LogP contribution in [0.1, 0.15) is 33.1 Å². The smallest absolute Gasteiger partial charge is 0.311 e. The van der Waals surface area contributed by atoms with Gasteiger partial charge in [0.05, 0.1) is 4.92 Å². The minimum absolute atomic E-state index is 0.00648. The summed E-state index contributed by atoms with van der Waals surface area (Å²) in [7, 11) is 0. The van der Waals surface area contributed by atoms with Crippen LogP contribution in [-0.2, 0) is 0 Å². The molecule has 0 radical (unpaired) electrons. The molecule has 2 rings (SSSR count). The Balaban J connectivity index is 2.21. The SMILES string of the molecule is CCC1(CC)CCN(c2ccc([N+](=O)[O-])c(N)n2)C1. The van der Waals surface area contributed by atoms with Gasteiger partial charge in [0.25, 0.3) is 0 Å². The normalized spacial score (nSPS) is 17.7. The molecule has 0 unspecified atom stereocenters. The molecule has 6 heteroatoms. The second kappa shape index (κ2) is 5.03. The maximum absolute atomic E-state index is 10.7. The first-order chi connectivity index (χ1) is 9.01. The van der Waals surface area contributed by atoms with E-state index in [1.165, 1.54) is 6.07 Å². The zero-order valence-corrected chi connectivity index (χ0v) is 11.4. The fourth-order valence-electron chi connectivity index (χ4n) is 2.75. The largest absolute Gasteiger partial charge is 0.378 e. The minimum atomic E-state index is -0.502. The zero-order valence-electron chi connectivity index (χ0n) is 11.4. The summed E-state index contributed by atoms with van der Waals surface area (Å²) in [5.41, 5.74) is 5.86. The molecule has 0 aromatic carbocycles. The number of hydrogen-bond donors (Lipinski definition) is 1. The summed E-state index contributed by atoms with van der Waals surface area (Å²) in [6, 6.07) is 3.13. The van der Waals surface area contributed by atoms with Crippen molar-refractivity contribution >= 4 is 17.3 Å². The van der Waals surface area contributed by atoms with Gasteiger partial charge in [-0.25, -0.2) is 4.98 Å². The lowest BCUT2D eigenvalue weighted by molar-refractivity contribution is -0.384. The third-order valence-electron chi connectivity index (χ3n) is 4.35. The Morgan fingerprint density at radius 3 is 2.63 bits per heavy atom. The second-order valence-electron chi connectivity index (χ2n) is 5.21. The highest BCUT2D eigenvalue weighted by atomic mass is 16.6. The van der Waals surface area contributed by atoms with Gasteiger partial charge in [-0.3, -0.25) is 10.1 Å². The standard InChI is InChI=1S/C13H20N4O2/c1-3-13(4-2)7-8-16(9-13)11-6-5-10(17(18)19)12(14)15-11/h5-6H,3-4,7-9H2,1-2H3,(H2,14,15). The predicted molar refractivity (Wildman–Crippen MR) is 75.1 cm³/mol. The van der Waals surface area contributed by atoms with Gasteiger partial charge in [0.1, 0.15) is 5.82 Å². The Labute approximate surface area is 112 Å². The van der Waals surface area contributed by atoms with Gasteiger partial charge in [-0.1, -0.05) is 13.8 Å². The third kappa shape index (κ3) is 2.47. The van der Waals surface area contributed by atoms with E-state index in [0.29, 0.717) is 5.41 Å². The molecule has 1 aliphatic heterocycles. The first kappa shape index (κ1) is 13.6. The Bertz CT molecular complexity index is 486. The number of hydrogen-bond acceptors (Lipinski definition) is 5. The molecular formula is C13H20N4O2. The highest BCUT2D eigenvalue weighted by Gasteiger charge is 2.35. The van der Waals surface area contributed by atoms with Crippen molar-refractivity contribution in [3.8, 4) is 0 Å². The highest BCUT2D eigenvalue weighted by Crippen LogP contribution is 2.39. The van der Waals surface area contributed by atoms with E-state index >= 15 is 0 Å². The van der Waals surface area contributed by atoms with Crippen LogP contribution in [0.25, 0.3) is 0 Å². The van der Waals surface area contributed by atoms with Gasteiger partial charge in [0.15, 0.2) is 0 Å². The number of nitro groups is 1. The van der Waals surface area contributed by atoms with Gasteiger partial charge >= 0.3 is 5.69 Å². The summed E-state index contributed by atoms with van der Waals surface area (Å²) in [6.07, 6.45) is 3.42. The highest BCUT2D eigenvalue weighted by molar-refractivity contribution is 5.58. The lowest BCUT2D eigenvalue weighted by Gasteiger charge is -2.26.